The number of hydrogen-bond acceptors (Lipinski definition) is 3. The van der Waals surface area contributed by atoms with Crippen LogP contribution in [-0.2, 0) is 4.79 Å². The van der Waals surface area contributed by atoms with Gasteiger partial charge in [-0.1, -0.05) is 23.2 Å². The molecule has 1 aliphatic rings. The van der Waals surface area contributed by atoms with Gasteiger partial charge in [-0.25, -0.2) is 4.79 Å². The number of ether oxygens (including phenoxy) is 2. The molecule has 1 aliphatic heterocycles. The molecule has 0 aliphatic carbocycles. The van der Waals surface area contributed by atoms with Crippen molar-refractivity contribution in [2.75, 3.05) is 0 Å². The van der Waals surface area contributed by atoms with Crippen molar-refractivity contribution < 1.29 is 32.5 Å². The van der Waals surface area contributed by atoms with Gasteiger partial charge in [0.05, 0.1) is 16.7 Å². The largest absolute Gasteiger partial charge is 0.488 e. The molecule has 0 saturated heterocycles. The molecule has 1 atom stereocenters. The summed E-state index contributed by atoms with van der Waals surface area (Å²) in [6.45, 7) is 3.38. The molecule has 0 radical (unpaired) electrons. The lowest BCUT2D eigenvalue weighted by atomic mass is 10.0. The number of carboxylic acids is 1. The van der Waals surface area contributed by atoms with Gasteiger partial charge in [0.2, 0.25) is 6.10 Å². The van der Waals surface area contributed by atoms with Crippen molar-refractivity contribution in [1.29, 1.82) is 0 Å². The standard InChI is InChI=1S/C14H11Cl2F3O4/c1-5(2)22-11-8(15)4-6-3-7(13(20)21)12(14(17,18)19)23-10(6)9(11)16/h3-5,12H,1-2H3,(H,20,21). The topological polar surface area (TPSA) is 55.8 Å². The molecule has 9 heteroatoms. The van der Waals surface area contributed by atoms with E-state index >= 15 is 0 Å². The SMILES string of the molecule is CC(C)Oc1c(Cl)cc2c(c1Cl)OC(C(F)(F)F)C(C(=O)O)=C2. The normalized spacial score (nSPS) is 17.4. The molecule has 0 amide bonds. The van der Waals surface area contributed by atoms with Crippen molar-refractivity contribution in [3.63, 3.8) is 0 Å². The van der Waals surface area contributed by atoms with Crippen LogP contribution >= 0.6 is 23.2 Å². The van der Waals surface area contributed by atoms with Gasteiger partial charge in [0.15, 0.2) is 5.75 Å². The van der Waals surface area contributed by atoms with Crippen LogP contribution in [0.5, 0.6) is 11.5 Å². The van der Waals surface area contributed by atoms with E-state index in [1.807, 2.05) is 0 Å². The highest BCUT2D eigenvalue weighted by molar-refractivity contribution is 6.38. The summed E-state index contributed by atoms with van der Waals surface area (Å²) in [5.41, 5.74) is -0.913. The van der Waals surface area contributed by atoms with Crippen molar-refractivity contribution >= 4 is 35.2 Å². The molecule has 1 N–H and O–H groups in total. The molecule has 1 unspecified atom stereocenters. The van der Waals surface area contributed by atoms with E-state index in [4.69, 9.17) is 37.8 Å². The first kappa shape index (κ1) is 17.7. The van der Waals surface area contributed by atoms with Crippen LogP contribution in [0.2, 0.25) is 10.0 Å². The van der Waals surface area contributed by atoms with Gasteiger partial charge in [-0.3, -0.25) is 0 Å². The minimum absolute atomic E-state index is 0.0183. The van der Waals surface area contributed by atoms with Crippen LogP contribution in [-0.4, -0.2) is 29.5 Å². The van der Waals surface area contributed by atoms with E-state index in [1.165, 1.54) is 6.07 Å². The Morgan fingerprint density at radius 3 is 2.48 bits per heavy atom. The molecule has 2 rings (SSSR count). The second-order valence-electron chi connectivity index (χ2n) is 5.03. The predicted octanol–water partition coefficient (Wildman–Crippen LogP) is 4.57. The molecule has 126 valence electrons. The first-order chi connectivity index (χ1) is 10.5. The monoisotopic (exact) mass is 370 g/mol. The van der Waals surface area contributed by atoms with Gasteiger partial charge in [0, 0.05) is 5.56 Å². The van der Waals surface area contributed by atoms with Gasteiger partial charge in [0.1, 0.15) is 10.8 Å². The van der Waals surface area contributed by atoms with Crippen LogP contribution in [0.25, 0.3) is 6.08 Å². The zero-order valence-electron chi connectivity index (χ0n) is 11.9. The molecule has 0 saturated carbocycles. The molecule has 23 heavy (non-hydrogen) atoms. The molecule has 0 fully saturated rings. The minimum atomic E-state index is -4.91. The summed E-state index contributed by atoms with van der Waals surface area (Å²) < 4.78 is 49.3. The van der Waals surface area contributed by atoms with Crippen molar-refractivity contribution in [2.24, 2.45) is 0 Å². The third-order valence-corrected chi connectivity index (χ3v) is 3.51. The van der Waals surface area contributed by atoms with Crippen molar-refractivity contribution in [3.8, 4) is 11.5 Å². The molecule has 1 aromatic carbocycles. The minimum Gasteiger partial charge on any atom is -0.488 e. The number of carboxylic acid groups (broad SMARTS) is 1. The van der Waals surface area contributed by atoms with Crippen molar-refractivity contribution in [3.05, 3.63) is 27.2 Å². The second-order valence-corrected chi connectivity index (χ2v) is 5.82. The Bertz CT molecular complexity index is 684. The van der Waals surface area contributed by atoms with Crippen LogP contribution in [0, 0.1) is 0 Å². The summed E-state index contributed by atoms with van der Waals surface area (Å²) in [4.78, 5) is 11.1. The third kappa shape index (κ3) is 3.50. The van der Waals surface area contributed by atoms with Crippen LogP contribution < -0.4 is 9.47 Å². The average molecular weight is 371 g/mol. The van der Waals surface area contributed by atoms with E-state index in [0.29, 0.717) is 0 Å². The van der Waals surface area contributed by atoms with Crippen molar-refractivity contribution in [1.82, 2.24) is 0 Å². The Balaban J connectivity index is 2.62. The zero-order valence-corrected chi connectivity index (χ0v) is 13.4. The molecule has 1 aromatic rings. The molecule has 4 nitrogen and oxygen atoms in total. The van der Waals surface area contributed by atoms with Gasteiger partial charge in [-0.15, -0.1) is 0 Å². The van der Waals surface area contributed by atoms with Gasteiger partial charge >= 0.3 is 12.1 Å². The number of rotatable bonds is 3. The van der Waals surface area contributed by atoms with Gasteiger partial charge in [-0.05, 0) is 26.0 Å². The summed E-state index contributed by atoms with van der Waals surface area (Å²) in [6, 6.07) is 1.25. The smallest absolute Gasteiger partial charge is 0.430 e. The Morgan fingerprint density at radius 2 is 2.00 bits per heavy atom. The van der Waals surface area contributed by atoms with Gasteiger partial charge in [0.25, 0.3) is 0 Å². The maximum atomic E-state index is 13.0. The maximum absolute atomic E-state index is 13.0. The van der Waals surface area contributed by atoms with Crippen molar-refractivity contribution in [2.45, 2.75) is 32.2 Å². The van der Waals surface area contributed by atoms with Crippen LogP contribution in [0.15, 0.2) is 11.6 Å². The van der Waals surface area contributed by atoms with Crippen LogP contribution in [0.1, 0.15) is 19.4 Å². The number of hydrogen-bond donors (Lipinski definition) is 1. The van der Waals surface area contributed by atoms with E-state index in [-0.39, 0.29) is 33.2 Å². The predicted molar refractivity (Wildman–Crippen MR) is 78.3 cm³/mol. The lowest BCUT2D eigenvalue weighted by molar-refractivity contribution is -0.187. The first-order valence-electron chi connectivity index (χ1n) is 6.39. The van der Waals surface area contributed by atoms with E-state index in [0.717, 1.165) is 6.08 Å². The Morgan fingerprint density at radius 1 is 1.39 bits per heavy atom. The number of benzene rings is 1. The highest BCUT2D eigenvalue weighted by Crippen LogP contribution is 2.47. The molecule has 1 heterocycles. The number of halogens is 5. The number of carbonyl (C=O) groups is 1. The van der Waals surface area contributed by atoms with Gasteiger partial charge in [-0.2, -0.15) is 13.2 Å². The summed E-state index contributed by atoms with van der Waals surface area (Å²) in [7, 11) is 0. The summed E-state index contributed by atoms with van der Waals surface area (Å²) in [6.07, 6.45) is -7.02. The van der Waals surface area contributed by atoms with Gasteiger partial charge < -0.3 is 14.6 Å². The number of alkyl halides is 3. The molecular formula is C14H11Cl2F3O4. The Labute approximate surface area is 139 Å². The molecule has 0 bridgehead atoms. The highest BCUT2D eigenvalue weighted by Gasteiger charge is 2.49. The van der Waals surface area contributed by atoms with E-state index in [2.05, 4.69) is 0 Å². The van der Waals surface area contributed by atoms with E-state index in [1.54, 1.807) is 13.8 Å². The number of aliphatic carboxylic acids is 1. The third-order valence-electron chi connectivity index (χ3n) is 2.89. The molecule has 0 spiro atoms. The lowest BCUT2D eigenvalue weighted by Crippen LogP contribution is -2.40. The molecular weight excluding hydrogens is 360 g/mol. The highest BCUT2D eigenvalue weighted by atomic mass is 35.5. The van der Waals surface area contributed by atoms with Crippen LogP contribution in [0.4, 0.5) is 13.2 Å². The second kappa shape index (κ2) is 6.13. The fourth-order valence-electron chi connectivity index (χ4n) is 2.01. The van der Waals surface area contributed by atoms with Crippen LogP contribution in [0.3, 0.4) is 0 Å². The Kier molecular flexibility index (Phi) is 4.73. The first-order valence-corrected chi connectivity index (χ1v) is 7.14. The fraction of sp³-hybridized carbons (Fsp3) is 0.357. The quantitative estimate of drug-likeness (QED) is 0.846. The maximum Gasteiger partial charge on any atom is 0.430 e. The number of fused-ring (bicyclic) bond motifs is 1. The molecule has 0 aromatic heterocycles. The lowest BCUT2D eigenvalue weighted by Gasteiger charge is -2.28. The Hall–Kier alpha value is -1.60. The summed E-state index contributed by atoms with van der Waals surface area (Å²) >= 11 is 12.0. The fourth-order valence-corrected chi connectivity index (χ4v) is 2.62. The average Bonchev–Trinajstić information content (AvgIpc) is 2.40. The van der Waals surface area contributed by atoms with E-state index in [9.17, 15) is 18.0 Å². The summed E-state index contributed by atoms with van der Waals surface area (Å²) in [5, 5.41) is 8.77. The zero-order chi connectivity index (χ0) is 17.5. The van der Waals surface area contributed by atoms with E-state index < -0.39 is 23.8 Å². The summed E-state index contributed by atoms with van der Waals surface area (Å²) in [5.74, 6) is -2.08.